The molecule has 139 valence electrons. The van der Waals surface area contributed by atoms with Gasteiger partial charge in [0.05, 0.1) is 7.11 Å². The molecule has 3 rings (SSSR count). The van der Waals surface area contributed by atoms with Gasteiger partial charge in [-0.25, -0.2) is 0 Å². The molecule has 0 bridgehead atoms. The minimum atomic E-state index is 0.00598. The summed E-state index contributed by atoms with van der Waals surface area (Å²) in [5.74, 6) is 1.05. The monoisotopic (exact) mass is 459 g/mol. The molecule has 0 amide bonds. The van der Waals surface area contributed by atoms with Crippen molar-refractivity contribution in [1.29, 1.82) is 0 Å². The zero-order valence-electron chi connectivity index (χ0n) is 14.8. The predicted octanol–water partition coefficient (Wildman–Crippen LogP) is 6.20. The molecule has 2 aliphatic rings. The average Bonchev–Trinajstić information content (AvgIpc) is 2.65. The van der Waals surface area contributed by atoms with Gasteiger partial charge in [0.1, 0.15) is 5.75 Å². The molecule has 1 aromatic rings. The standard InChI is InChI=1S/C19H29OP.CH2Cl.Pd/c1-20-16-9-8-14-19(15-16)21(17-10-4-2-5-11-17)18-12-6-3-7-13-18;1-2;/h8-9,14-15,17-18H,2-7,10-13H2,1H3;1H2;. The Morgan fingerprint density at radius 3 is 1.96 bits per heavy atom. The van der Waals surface area contributed by atoms with E-state index in [1.54, 1.807) is 12.4 Å². The molecule has 0 atom stereocenters. The molecule has 1 nitrogen and oxygen atoms in total. The predicted molar refractivity (Wildman–Crippen MR) is 104 cm³/mol. The van der Waals surface area contributed by atoms with Gasteiger partial charge in [-0.2, -0.15) is 0 Å². The van der Waals surface area contributed by atoms with Crippen LogP contribution in [0.4, 0.5) is 0 Å². The van der Waals surface area contributed by atoms with E-state index in [4.69, 9.17) is 16.3 Å². The number of halogens is 1. The molecule has 0 N–H and O–H groups in total. The van der Waals surface area contributed by atoms with Gasteiger partial charge in [-0.15, -0.1) is 0 Å². The number of ether oxygens (including phenoxy) is 1. The zero-order valence-corrected chi connectivity index (χ0v) is 18.0. The van der Waals surface area contributed by atoms with E-state index < -0.39 is 0 Å². The van der Waals surface area contributed by atoms with Crippen molar-refractivity contribution in [3.05, 3.63) is 24.3 Å². The van der Waals surface area contributed by atoms with E-state index in [1.165, 1.54) is 64.2 Å². The molecule has 0 radical (unpaired) electrons. The van der Waals surface area contributed by atoms with Crippen LogP contribution in [0.2, 0.25) is 0 Å². The van der Waals surface area contributed by atoms with Crippen molar-refractivity contribution in [2.75, 3.05) is 11.5 Å². The fourth-order valence-electron chi connectivity index (χ4n) is 4.21. The topological polar surface area (TPSA) is 9.23 Å². The fourth-order valence-corrected chi connectivity index (χ4v) is 8.03. The van der Waals surface area contributed by atoms with E-state index >= 15 is 0 Å². The van der Waals surface area contributed by atoms with Crippen molar-refractivity contribution >= 4 is 24.8 Å². The van der Waals surface area contributed by atoms with E-state index in [1.807, 2.05) is 0 Å². The first kappa shape index (κ1) is 20.7. The Morgan fingerprint density at radius 1 is 1.00 bits per heavy atom. The molecular weight excluding hydrogens is 429 g/mol. The van der Waals surface area contributed by atoms with Crippen molar-refractivity contribution in [2.45, 2.75) is 75.5 Å². The summed E-state index contributed by atoms with van der Waals surface area (Å²) in [5.41, 5.74) is 1.95. The summed E-state index contributed by atoms with van der Waals surface area (Å²) in [4.78, 5) is 0. The normalized spacial score (nSPS) is 19.7. The Balaban J connectivity index is 0.000000647. The van der Waals surface area contributed by atoms with Gasteiger partial charge in [-0.05, 0) is 54.4 Å². The third-order valence-electron chi connectivity index (χ3n) is 5.29. The number of hydrogen-bond donors (Lipinski definition) is 0. The number of methoxy groups -OCH3 is 1. The van der Waals surface area contributed by atoms with Crippen molar-refractivity contribution in [2.24, 2.45) is 0 Å². The zero-order chi connectivity index (χ0) is 17.2. The molecule has 0 aliphatic heterocycles. The molecule has 2 aliphatic carbocycles. The summed E-state index contributed by atoms with van der Waals surface area (Å²) in [7, 11) is 1.80. The fraction of sp³-hybridized carbons (Fsp3) is 0.700. The van der Waals surface area contributed by atoms with Crippen LogP contribution in [-0.2, 0) is 19.2 Å². The Bertz CT molecular complexity index is 441. The first-order valence-electron chi connectivity index (χ1n) is 9.30. The van der Waals surface area contributed by atoms with Gasteiger partial charge in [0.2, 0.25) is 0 Å². The SMILES string of the molecule is COc1cccc(P(C2CCCCC2)C2CCCCC2)c1.Cl[CH2][Pd]. The molecule has 1 aromatic carbocycles. The van der Waals surface area contributed by atoms with Crippen LogP contribution in [0.25, 0.3) is 0 Å². The number of rotatable bonds is 4. The molecule has 0 aromatic heterocycles. The van der Waals surface area contributed by atoms with Gasteiger partial charge in [0.15, 0.2) is 0 Å². The summed E-state index contributed by atoms with van der Waals surface area (Å²) < 4.78 is 6.06. The molecule has 24 heavy (non-hydrogen) atoms. The van der Waals surface area contributed by atoms with Crippen LogP contribution in [0.1, 0.15) is 64.2 Å². The number of alkyl halides is 1. The van der Waals surface area contributed by atoms with Crippen LogP contribution in [0, 0.1) is 0 Å². The van der Waals surface area contributed by atoms with Gasteiger partial charge < -0.3 is 4.74 Å². The van der Waals surface area contributed by atoms with Crippen LogP contribution in [-0.4, -0.2) is 22.8 Å². The number of benzene rings is 1. The molecule has 0 spiro atoms. The second kappa shape index (κ2) is 11.9. The van der Waals surface area contributed by atoms with Crippen molar-refractivity contribution < 1.29 is 23.9 Å². The average molecular weight is 460 g/mol. The Hall–Kier alpha value is 0.402. The van der Waals surface area contributed by atoms with Crippen molar-refractivity contribution in [3.63, 3.8) is 0 Å². The Kier molecular flexibility index (Phi) is 10.3. The summed E-state index contributed by atoms with van der Waals surface area (Å²) in [6.45, 7) is 0. The Labute approximate surface area is 165 Å². The molecule has 0 saturated heterocycles. The molecule has 4 heteroatoms. The van der Waals surface area contributed by atoms with E-state index in [-0.39, 0.29) is 7.92 Å². The maximum atomic E-state index is 5.49. The summed E-state index contributed by atoms with van der Waals surface area (Å²) >= 11 is 7.64. The van der Waals surface area contributed by atoms with Crippen LogP contribution in [0.3, 0.4) is 0 Å². The third kappa shape index (κ3) is 6.29. The Morgan fingerprint density at radius 2 is 1.50 bits per heavy atom. The molecule has 0 heterocycles. The van der Waals surface area contributed by atoms with Gasteiger partial charge in [-0.1, -0.05) is 58.6 Å². The quantitative estimate of drug-likeness (QED) is 0.296. The second-order valence-electron chi connectivity index (χ2n) is 6.78. The van der Waals surface area contributed by atoms with E-state index in [0.29, 0.717) is 4.35 Å². The van der Waals surface area contributed by atoms with Crippen molar-refractivity contribution in [1.82, 2.24) is 0 Å². The molecule has 2 saturated carbocycles. The number of hydrogen-bond acceptors (Lipinski definition) is 1. The van der Waals surface area contributed by atoms with Gasteiger partial charge in [-0.3, -0.25) is 0 Å². The summed E-state index contributed by atoms with van der Waals surface area (Å²) in [6, 6.07) is 9.03. The maximum absolute atomic E-state index is 5.49. The van der Waals surface area contributed by atoms with Crippen LogP contribution >= 0.6 is 19.5 Å². The minimum absolute atomic E-state index is 0.00598. The van der Waals surface area contributed by atoms with Crippen LogP contribution in [0.5, 0.6) is 5.75 Å². The van der Waals surface area contributed by atoms with E-state index in [2.05, 4.69) is 43.5 Å². The first-order chi connectivity index (χ1) is 11.8. The molecule has 2 fully saturated rings. The van der Waals surface area contributed by atoms with E-state index in [0.717, 1.165) is 17.1 Å². The second-order valence-corrected chi connectivity index (χ2v) is 11.0. The molecule has 0 unspecified atom stereocenters. The molecular formula is C20H31ClOPPd. The van der Waals surface area contributed by atoms with Gasteiger partial charge in [0.25, 0.3) is 0 Å². The first-order valence-corrected chi connectivity index (χ1v) is 12.4. The van der Waals surface area contributed by atoms with Gasteiger partial charge in [0, 0.05) is 0 Å². The third-order valence-corrected chi connectivity index (χ3v) is 8.77. The van der Waals surface area contributed by atoms with E-state index in [9.17, 15) is 0 Å². The van der Waals surface area contributed by atoms with Crippen molar-refractivity contribution in [3.8, 4) is 5.75 Å². The summed E-state index contributed by atoms with van der Waals surface area (Å²) in [6.07, 6.45) is 14.6. The van der Waals surface area contributed by atoms with Gasteiger partial charge >= 0.3 is 35.2 Å². The van der Waals surface area contributed by atoms with Crippen LogP contribution in [0.15, 0.2) is 24.3 Å². The van der Waals surface area contributed by atoms with Crippen LogP contribution < -0.4 is 10.0 Å². The summed E-state index contributed by atoms with van der Waals surface area (Å²) in [5, 5.41) is 1.61.